The van der Waals surface area contributed by atoms with Crippen LogP contribution in [0.3, 0.4) is 0 Å². The molecule has 3 nitrogen and oxygen atoms in total. The molecule has 4 heteroatoms. The molecule has 0 saturated heterocycles. The molecule has 0 aliphatic heterocycles. The molecule has 0 radical (unpaired) electrons. The standard InChI is InChI=1S/C14H20BrNO2/c1-3-11-4-6-12(7-5-11)14(17)16-13(8-9-15)10-18-2/h4-7,13H,3,8-10H2,1-2H3,(H,16,17). The van der Waals surface area contributed by atoms with Crippen molar-refractivity contribution in [3.05, 3.63) is 35.4 Å². The molecule has 1 N–H and O–H groups in total. The van der Waals surface area contributed by atoms with Gasteiger partial charge < -0.3 is 10.1 Å². The molecular formula is C14H20BrNO2. The molecule has 1 amide bonds. The SMILES string of the molecule is CCc1ccc(C(=O)NC(CCBr)COC)cc1. The fourth-order valence-electron chi connectivity index (χ4n) is 1.69. The van der Waals surface area contributed by atoms with Crippen LogP contribution in [0.1, 0.15) is 29.3 Å². The largest absolute Gasteiger partial charge is 0.383 e. The minimum Gasteiger partial charge on any atom is -0.383 e. The van der Waals surface area contributed by atoms with Gasteiger partial charge in [-0.1, -0.05) is 35.0 Å². The van der Waals surface area contributed by atoms with Gasteiger partial charge in [-0.05, 0) is 30.5 Å². The Hall–Kier alpha value is -0.870. The summed E-state index contributed by atoms with van der Waals surface area (Å²) in [6.45, 7) is 2.63. The number of aryl methyl sites for hydroxylation is 1. The maximum Gasteiger partial charge on any atom is 0.251 e. The van der Waals surface area contributed by atoms with E-state index in [4.69, 9.17) is 4.74 Å². The van der Waals surface area contributed by atoms with Crippen molar-refractivity contribution in [2.45, 2.75) is 25.8 Å². The Balaban J connectivity index is 2.61. The molecule has 0 aromatic heterocycles. The first-order valence-electron chi connectivity index (χ1n) is 6.16. The highest BCUT2D eigenvalue weighted by Crippen LogP contribution is 2.06. The van der Waals surface area contributed by atoms with Crippen LogP contribution in [-0.4, -0.2) is 31.0 Å². The quantitative estimate of drug-likeness (QED) is 0.786. The van der Waals surface area contributed by atoms with Crippen LogP contribution in [0.15, 0.2) is 24.3 Å². The van der Waals surface area contributed by atoms with Gasteiger partial charge in [-0.2, -0.15) is 0 Å². The number of amides is 1. The Morgan fingerprint density at radius 1 is 1.39 bits per heavy atom. The van der Waals surface area contributed by atoms with Crippen LogP contribution in [0.2, 0.25) is 0 Å². The second-order valence-corrected chi connectivity index (χ2v) is 4.95. The Labute approximate surface area is 117 Å². The van der Waals surface area contributed by atoms with Crippen molar-refractivity contribution in [2.24, 2.45) is 0 Å². The van der Waals surface area contributed by atoms with E-state index in [1.54, 1.807) is 7.11 Å². The monoisotopic (exact) mass is 313 g/mol. The lowest BCUT2D eigenvalue weighted by Crippen LogP contribution is -2.38. The zero-order chi connectivity index (χ0) is 13.4. The zero-order valence-electron chi connectivity index (χ0n) is 10.9. The van der Waals surface area contributed by atoms with Crippen molar-refractivity contribution in [3.63, 3.8) is 0 Å². The van der Waals surface area contributed by atoms with Crippen LogP contribution >= 0.6 is 15.9 Å². The van der Waals surface area contributed by atoms with Gasteiger partial charge in [0.2, 0.25) is 0 Å². The van der Waals surface area contributed by atoms with Gasteiger partial charge in [0.1, 0.15) is 0 Å². The third kappa shape index (κ3) is 4.78. The summed E-state index contributed by atoms with van der Waals surface area (Å²) in [5.74, 6) is -0.0411. The van der Waals surface area contributed by atoms with E-state index in [1.807, 2.05) is 24.3 Å². The summed E-state index contributed by atoms with van der Waals surface area (Å²) in [5, 5.41) is 3.82. The first-order valence-corrected chi connectivity index (χ1v) is 7.28. The summed E-state index contributed by atoms with van der Waals surface area (Å²) in [6, 6.07) is 7.76. The number of nitrogens with one attached hydrogen (secondary N) is 1. The molecular weight excluding hydrogens is 294 g/mol. The molecule has 0 aliphatic carbocycles. The van der Waals surface area contributed by atoms with Gasteiger partial charge in [-0.3, -0.25) is 4.79 Å². The van der Waals surface area contributed by atoms with E-state index >= 15 is 0 Å². The fraction of sp³-hybridized carbons (Fsp3) is 0.500. The van der Waals surface area contributed by atoms with Crippen LogP contribution in [0.4, 0.5) is 0 Å². The first-order chi connectivity index (χ1) is 8.71. The molecule has 100 valence electrons. The lowest BCUT2D eigenvalue weighted by atomic mass is 10.1. The molecule has 1 atom stereocenters. The van der Waals surface area contributed by atoms with Crippen LogP contribution in [0.25, 0.3) is 0 Å². The Morgan fingerprint density at radius 3 is 2.56 bits per heavy atom. The predicted octanol–water partition coefficient (Wildman–Crippen LogP) is 2.78. The summed E-state index contributed by atoms with van der Waals surface area (Å²) in [7, 11) is 1.64. The predicted molar refractivity (Wildman–Crippen MR) is 77.4 cm³/mol. The first kappa shape index (κ1) is 15.2. The van der Waals surface area contributed by atoms with Crippen LogP contribution in [-0.2, 0) is 11.2 Å². The van der Waals surface area contributed by atoms with E-state index < -0.39 is 0 Å². The van der Waals surface area contributed by atoms with Gasteiger partial charge in [0.25, 0.3) is 5.91 Å². The van der Waals surface area contributed by atoms with Gasteiger partial charge in [0.15, 0.2) is 0 Å². The van der Waals surface area contributed by atoms with E-state index in [0.717, 1.165) is 18.2 Å². The number of hydrogen-bond acceptors (Lipinski definition) is 2. The lowest BCUT2D eigenvalue weighted by molar-refractivity contribution is 0.0895. The maximum absolute atomic E-state index is 12.0. The molecule has 1 rings (SSSR count). The third-order valence-corrected chi connectivity index (χ3v) is 3.24. The lowest BCUT2D eigenvalue weighted by Gasteiger charge is -2.16. The van der Waals surface area contributed by atoms with E-state index in [1.165, 1.54) is 5.56 Å². The van der Waals surface area contributed by atoms with Crippen molar-refractivity contribution < 1.29 is 9.53 Å². The molecule has 18 heavy (non-hydrogen) atoms. The minimum absolute atomic E-state index is 0.0411. The van der Waals surface area contributed by atoms with Crippen molar-refractivity contribution in [2.75, 3.05) is 19.0 Å². The Kier molecular flexibility index (Phi) is 6.98. The summed E-state index contributed by atoms with van der Waals surface area (Å²) in [5.41, 5.74) is 1.93. The summed E-state index contributed by atoms with van der Waals surface area (Å²) in [6.07, 6.45) is 1.84. The molecule has 0 saturated carbocycles. The highest BCUT2D eigenvalue weighted by molar-refractivity contribution is 9.09. The number of hydrogen-bond donors (Lipinski definition) is 1. The van der Waals surface area contributed by atoms with E-state index in [-0.39, 0.29) is 11.9 Å². The van der Waals surface area contributed by atoms with Gasteiger partial charge >= 0.3 is 0 Å². The molecule has 1 aromatic carbocycles. The summed E-state index contributed by atoms with van der Waals surface area (Å²) in [4.78, 5) is 12.0. The second kappa shape index (κ2) is 8.27. The van der Waals surface area contributed by atoms with Crippen LogP contribution < -0.4 is 5.32 Å². The number of rotatable bonds is 7. The second-order valence-electron chi connectivity index (χ2n) is 4.15. The van der Waals surface area contributed by atoms with Crippen molar-refractivity contribution in [3.8, 4) is 0 Å². The average molecular weight is 314 g/mol. The average Bonchev–Trinajstić information content (AvgIpc) is 2.39. The Morgan fingerprint density at radius 2 is 2.06 bits per heavy atom. The van der Waals surface area contributed by atoms with E-state index in [2.05, 4.69) is 28.2 Å². The Bertz CT molecular complexity index is 359. The van der Waals surface area contributed by atoms with Crippen LogP contribution in [0, 0.1) is 0 Å². The normalized spacial score (nSPS) is 12.2. The summed E-state index contributed by atoms with van der Waals surface area (Å²) < 4.78 is 5.09. The minimum atomic E-state index is -0.0411. The smallest absolute Gasteiger partial charge is 0.251 e. The topological polar surface area (TPSA) is 38.3 Å². The van der Waals surface area contributed by atoms with Crippen molar-refractivity contribution >= 4 is 21.8 Å². The van der Waals surface area contributed by atoms with Crippen molar-refractivity contribution in [1.82, 2.24) is 5.32 Å². The van der Waals surface area contributed by atoms with E-state index in [0.29, 0.717) is 12.2 Å². The highest BCUT2D eigenvalue weighted by atomic mass is 79.9. The number of methoxy groups -OCH3 is 1. The number of alkyl halides is 1. The molecule has 0 spiro atoms. The number of halogens is 1. The molecule has 0 fully saturated rings. The molecule has 1 aromatic rings. The summed E-state index contributed by atoms with van der Waals surface area (Å²) >= 11 is 3.38. The fourth-order valence-corrected chi connectivity index (χ4v) is 2.24. The number of carbonyl (C=O) groups is 1. The maximum atomic E-state index is 12.0. The van der Waals surface area contributed by atoms with Gasteiger partial charge in [-0.25, -0.2) is 0 Å². The van der Waals surface area contributed by atoms with Gasteiger partial charge in [0, 0.05) is 18.0 Å². The van der Waals surface area contributed by atoms with Gasteiger partial charge in [0.05, 0.1) is 12.6 Å². The third-order valence-electron chi connectivity index (χ3n) is 2.79. The molecule has 0 aliphatic rings. The molecule has 1 unspecified atom stereocenters. The van der Waals surface area contributed by atoms with Gasteiger partial charge in [-0.15, -0.1) is 0 Å². The number of carbonyl (C=O) groups excluding carboxylic acids is 1. The van der Waals surface area contributed by atoms with Crippen molar-refractivity contribution in [1.29, 1.82) is 0 Å². The molecule has 0 bridgehead atoms. The zero-order valence-corrected chi connectivity index (χ0v) is 12.5. The molecule has 0 heterocycles. The van der Waals surface area contributed by atoms with Crippen LogP contribution in [0.5, 0.6) is 0 Å². The highest BCUT2D eigenvalue weighted by Gasteiger charge is 2.12. The number of ether oxygens (including phenoxy) is 1. The number of benzene rings is 1. The van der Waals surface area contributed by atoms with E-state index in [9.17, 15) is 4.79 Å².